The maximum atomic E-state index is 8.79. The summed E-state index contributed by atoms with van der Waals surface area (Å²) in [4.78, 5) is 0. The van der Waals surface area contributed by atoms with Crippen LogP contribution in [-0.4, -0.2) is 27.0 Å². The van der Waals surface area contributed by atoms with Crippen LogP contribution in [0.3, 0.4) is 0 Å². The predicted molar refractivity (Wildman–Crippen MR) is 39.5 cm³/mol. The van der Waals surface area contributed by atoms with Crippen LogP contribution in [0.1, 0.15) is 6.92 Å². The molecule has 0 fully saturated rings. The predicted octanol–water partition coefficient (Wildman–Crippen LogP) is -0.0846. The van der Waals surface area contributed by atoms with Gasteiger partial charge in [0.25, 0.3) is 0 Å². The Morgan fingerprint density at radius 3 is 2.00 bits per heavy atom. The second-order valence-electron chi connectivity index (χ2n) is 1.79. The van der Waals surface area contributed by atoms with Crippen LogP contribution in [0.25, 0.3) is 0 Å². The summed E-state index contributed by atoms with van der Waals surface area (Å²) in [6, 6.07) is 0. The van der Waals surface area contributed by atoms with Crippen molar-refractivity contribution in [2.24, 2.45) is 0 Å². The topological polar surface area (TPSA) is 40.5 Å². The molecule has 0 aliphatic heterocycles. The second kappa shape index (κ2) is 2.96. The highest BCUT2D eigenvalue weighted by atomic mass is 32.2. The van der Waals surface area contributed by atoms with Crippen molar-refractivity contribution < 1.29 is 10.2 Å². The number of aliphatic hydroxyl groups excluding tert-OH is 2. The number of thiol groups is 2. The Bertz CT molecular complexity index is 68.9. The van der Waals surface area contributed by atoms with Gasteiger partial charge in [-0.15, -0.1) is 0 Å². The molecule has 0 aromatic heterocycles. The molecule has 0 aliphatic carbocycles. The highest BCUT2D eigenvalue weighted by molar-refractivity contribution is 8.00. The first kappa shape index (κ1) is 8.62. The molecule has 4 heteroatoms. The lowest BCUT2D eigenvalue weighted by molar-refractivity contribution is 0.0903. The molecular formula is C4H10O2S2. The number of hydrogen-bond acceptors (Lipinski definition) is 4. The van der Waals surface area contributed by atoms with E-state index in [9.17, 15) is 0 Å². The van der Waals surface area contributed by atoms with Crippen LogP contribution in [0.4, 0.5) is 0 Å². The molecule has 8 heavy (non-hydrogen) atoms. The van der Waals surface area contributed by atoms with Gasteiger partial charge in [-0.3, -0.25) is 0 Å². The third kappa shape index (κ3) is 2.81. The van der Waals surface area contributed by atoms with Crippen LogP contribution < -0.4 is 0 Å². The lowest BCUT2D eigenvalue weighted by Crippen LogP contribution is -2.31. The molecule has 2 nitrogen and oxygen atoms in total. The molecule has 0 amide bonds. The third-order valence-electron chi connectivity index (χ3n) is 0.804. The van der Waals surface area contributed by atoms with Crippen molar-refractivity contribution >= 4 is 25.3 Å². The molecule has 0 heterocycles. The summed E-state index contributed by atoms with van der Waals surface area (Å²) in [5.41, 5.74) is 0. The van der Waals surface area contributed by atoms with Gasteiger partial charge in [-0.2, -0.15) is 25.3 Å². The summed E-state index contributed by atoms with van der Waals surface area (Å²) in [5.74, 6) is 0. The van der Waals surface area contributed by atoms with Crippen molar-refractivity contribution in [2.45, 2.75) is 17.1 Å². The van der Waals surface area contributed by atoms with E-state index in [0.29, 0.717) is 0 Å². The molecular weight excluding hydrogens is 144 g/mol. The first-order valence-corrected chi connectivity index (χ1v) is 3.11. The molecule has 0 radical (unpaired) electrons. The summed E-state index contributed by atoms with van der Waals surface area (Å²) in [6.45, 7) is 1.31. The van der Waals surface area contributed by atoms with E-state index < -0.39 is 10.2 Å². The highest BCUT2D eigenvalue weighted by Gasteiger charge is 2.22. The fraction of sp³-hybridized carbons (Fsp3) is 1.00. The number of aliphatic hydroxyl groups is 2. The summed E-state index contributed by atoms with van der Waals surface area (Å²) < 4.78 is -0.797. The molecule has 0 aromatic carbocycles. The largest absolute Gasteiger partial charge is 0.394 e. The van der Waals surface area contributed by atoms with Gasteiger partial charge in [0.1, 0.15) is 6.10 Å². The van der Waals surface area contributed by atoms with Crippen molar-refractivity contribution in [1.29, 1.82) is 0 Å². The summed E-state index contributed by atoms with van der Waals surface area (Å²) in [7, 11) is 0. The zero-order chi connectivity index (χ0) is 6.78. The van der Waals surface area contributed by atoms with Crippen LogP contribution in [0, 0.1) is 0 Å². The van der Waals surface area contributed by atoms with Gasteiger partial charge in [-0.05, 0) is 6.92 Å². The van der Waals surface area contributed by atoms with Gasteiger partial charge < -0.3 is 10.2 Å². The minimum absolute atomic E-state index is 0.302. The molecule has 1 unspecified atom stereocenters. The molecule has 0 spiro atoms. The van der Waals surface area contributed by atoms with E-state index in [1.54, 1.807) is 6.92 Å². The first-order valence-electron chi connectivity index (χ1n) is 2.22. The Balaban J connectivity index is 3.62. The van der Waals surface area contributed by atoms with Gasteiger partial charge in [0.2, 0.25) is 0 Å². The van der Waals surface area contributed by atoms with Crippen LogP contribution in [0.5, 0.6) is 0 Å². The molecule has 0 aromatic rings. The Morgan fingerprint density at radius 1 is 1.62 bits per heavy atom. The standard InChI is InChI=1S/C4H10O2S2/c1-4(7,8)3(6)2-5/h3,5-8H,2H2,1H3. The van der Waals surface area contributed by atoms with E-state index in [1.165, 1.54) is 0 Å². The van der Waals surface area contributed by atoms with Crippen molar-refractivity contribution in [3.63, 3.8) is 0 Å². The fourth-order valence-electron chi connectivity index (χ4n) is 0.173. The average molecular weight is 154 g/mol. The average Bonchev–Trinajstić information content (AvgIpc) is 1.62. The van der Waals surface area contributed by atoms with Crippen molar-refractivity contribution in [3.8, 4) is 0 Å². The molecule has 2 N–H and O–H groups in total. The second-order valence-corrected chi connectivity index (χ2v) is 4.00. The van der Waals surface area contributed by atoms with E-state index in [0.717, 1.165) is 0 Å². The van der Waals surface area contributed by atoms with E-state index >= 15 is 0 Å². The first-order chi connectivity index (χ1) is 3.48. The zero-order valence-corrected chi connectivity index (χ0v) is 6.36. The summed E-state index contributed by atoms with van der Waals surface area (Å²) in [6.07, 6.45) is -0.867. The SMILES string of the molecule is CC(S)(S)C(O)CO. The molecule has 0 aliphatic rings. The zero-order valence-electron chi connectivity index (χ0n) is 4.57. The van der Waals surface area contributed by atoms with Gasteiger partial charge in [0, 0.05) is 0 Å². The number of rotatable bonds is 2. The maximum absolute atomic E-state index is 8.79. The molecule has 0 rings (SSSR count). The van der Waals surface area contributed by atoms with E-state index in [1.807, 2.05) is 0 Å². The van der Waals surface area contributed by atoms with E-state index in [2.05, 4.69) is 25.3 Å². The Morgan fingerprint density at radius 2 is 2.00 bits per heavy atom. The lowest BCUT2D eigenvalue weighted by Gasteiger charge is -2.21. The van der Waals surface area contributed by atoms with Crippen molar-refractivity contribution in [2.75, 3.05) is 6.61 Å². The number of hydrogen-bond donors (Lipinski definition) is 4. The minimum atomic E-state index is -0.867. The van der Waals surface area contributed by atoms with Gasteiger partial charge in [0.05, 0.1) is 10.7 Å². The molecule has 0 bridgehead atoms. The van der Waals surface area contributed by atoms with Crippen LogP contribution in [-0.2, 0) is 0 Å². The van der Waals surface area contributed by atoms with Gasteiger partial charge >= 0.3 is 0 Å². The lowest BCUT2D eigenvalue weighted by atomic mass is 10.3. The molecule has 50 valence electrons. The smallest absolute Gasteiger partial charge is 0.100 e. The molecule has 1 atom stereocenters. The van der Waals surface area contributed by atoms with Crippen molar-refractivity contribution in [1.82, 2.24) is 0 Å². The van der Waals surface area contributed by atoms with Gasteiger partial charge in [0.15, 0.2) is 0 Å². The van der Waals surface area contributed by atoms with Gasteiger partial charge in [-0.1, -0.05) is 0 Å². The monoisotopic (exact) mass is 154 g/mol. The summed E-state index contributed by atoms with van der Waals surface area (Å²) >= 11 is 7.77. The van der Waals surface area contributed by atoms with Crippen LogP contribution >= 0.6 is 25.3 Å². The maximum Gasteiger partial charge on any atom is 0.100 e. The van der Waals surface area contributed by atoms with Crippen LogP contribution in [0.2, 0.25) is 0 Å². The quantitative estimate of drug-likeness (QED) is 0.332. The highest BCUT2D eigenvalue weighted by Crippen LogP contribution is 2.22. The Hall–Kier alpha value is 0.620. The van der Waals surface area contributed by atoms with Crippen molar-refractivity contribution in [3.05, 3.63) is 0 Å². The summed E-state index contributed by atoms with van der Waals surface area (Å²) in [5, 5.41) is 17.1. The molecule has 0 saturated heterocycles. The fourth-order valence-corrected chi connectivity index (χ4v) is 0.336. The van der Waals surface area contributed by atoms with Gasteiger partial charge in [-0.25, -0.2) is 0 Å². The Labute approximate surface area is 59.7 Å². The van der Waals surface area contributed by atoms with E-state index in [4.69, 9.17) is 10.2 Å². The minimum Gasteiger partial charge on any atom is -0.394 e. The van der Waals surface area contributed by atoms with Crippen LogP contribution in [0.15, 0.2) is 0 Å². The Kier molecular flexibility index (Phi) is 3.19. The molecule has 0 saturated carbocycles. The van der Waals surface area contributed by atoms with E-state index in [-0.39, 0.29) is 6.61 Å². The third-order valence-corrected chi connectivity index (χ3v) is 1.40. The normalized spacial score (nSPS) is 16.1.